The lowest BCUT2D eigenvalue weighted by Gasteiger charge is -2.23. The maximum Gasteiger partial charge on any atom is 0.217 e. The molecule has 1 amide bonds. The molecule has 0 radical (unpaired) electrons. The lowest BCUT2D eigenvalue weighted by Crippen LogP contribution is -2.25. The molecule has 104 valence electrons. The summed E-state index contributed by atoms with van der Waals surface area (Å²) < 4.78 is 0. The lowest BCUT2D eigenvalue weighted by molar-refractivity contribution is -0.119. The van der Waals surface area contributed by atoms with Gasteiger partial charge >= 0.3 is 0 Å². The molecular weight excluding hydrogens is 238 g/mol. The number of aromatic nitrogens is 1. The van der Waals surface area contributed by atoms with Gasteiger partial charge in [-0.2, -0.15) is 0 Å². The van der Waals surface area contributed by atoms with Crippen LogP contribution in [0.3, 0.4) is 0 Å². The number of carbonyl (C=O) groups excluding carboxylic acids is 1. The number of pyridine rings is 1. The van der Waals surface area contributed by atoms with Gasteiger partial charge in [-0.25, -0.2) is 0 Å². The number of amides is 1. The first kappa shape index (κ1) is 14.0. The molecule has 4 nitrogen and oxygen atoms in total. The van der Waals surface area contributed by atoms with Crippen LogP contribution in [0.15, 0.2) is 18.2 Å². The molecule has 19 heavy (non-hydrogen) atoms. The van der Waals surface area contributed by atoms with Crippen molar-refractivity contribution in [2.24, 2.45) is 0 Å². The third kappa shape index (κ3) is 3.77. The molecule has 1 saturated heterocycles. The fraction of sp³-hybridized carbons (Fsp3) is 0.600. The first-order valence-electron chi connectivity index (χ1n) is 7.15. The van der Waals surface area contributed by atoms with E-state index in [1.807, 2.05) is 12.1 Å². The predicted octanol–water partition coefficient (Wildman–Crippen LogP) is 2.26. The van der Waals surface area contributed by atoms with Crippen molar-refractivity contribution in [3.63, 3.8) is 0 Å². The fourth-order valence-corrected chi connectivity index (χ4v) is 2.71. The lowest BCUT2D eigenvalue weighted by atomic mass is 10.1. The summed E-state index contributed by atoms with van der Waals surface area (Å²) in [4.78, 5) is 18.2. The quantitative estimate of drug-likeness (QED) is 0.884. The molecule has 1 fully saturated rings. The molecule has 4 heteroatoms. The van der Waals surface area contributed by atoms with Crippen LogP contribution in [0, 0.1) is 0 Å². The molecular formula is C15H23N3O. The number of rotatable bonds is 5. The molecule has 2 heterocycles. The summed E-state index contributed by atoms with van der Waals surface area (Å²) >= 11 is 0. The van der Waals surface area contributed by atoms with Crippen molar-refractivity contribution in [3.8, 4) is 0 Å². The normalized spacial score (nSPS) is 19.6. The van der Waals surface area contributed by atoms with Gasteiger partial charge in [0.2, 0.25) is 5.91 Å². The van der Waals surface area contributed by atoms with E-state index in [4.69, 9.17) is 4.98 Å². The molecule has 1 aromatic rings. The number of nitrogens with zero attached hydrogens (tertiary/aromatic N) is 2. The smallest absolute Gasteiger partial charge is 0.217 e. The molecule has 1 aliphatic rings. The highest BCUT2D eigenvalue weighted by Crippen LogP contribution is 2.30. The van der Waals surface area contributed by atoms with Crippen molar-refractivity contribution >= 4 is 5.91 Å². The molecule has 0 aliphatic carbocycles. The molecule has 1 aromatic heterocycles. The van der Waals surface area contributed by atoms with Crippen LogP contribution >= 0.6 is 0 Å². The van der Waals surface area contributed by atoms with E-state index in [-0.39, 0.29) is 5.91 Å². The largest absolute Gasteiger partial charge is 0.351 e. The van der Waals surface area contributed by atoms with Crippen molar-refractivity contribution in [1.29, 1.82) is 0 Å². The monoisotopic (exact) mass is 261 g/mol. The van der Waals surface area contributed by atoms with Gasteiger partial charge in [-0.1, -0.05) is 13.0 Å². The number of hydrogen-bond donors (Lipinski definition) is 1. The van der Waals surface area contributed by atoms with E-state index in [1.54, 1.807) is 0 Å². The van der Waals surface area contributed by atoms with Gasteiger partial charge in [0.25, 0.3) is 0 Å². The van der Waals surface area contributed by atoms with E-state index >= 15 is 0 Å². The zero-order valence-corrected chi connectivity index (χ0v) is 11.9. The zero-order chi connectivity index (χ0) is 13.7. The standard InChI is InChI=1S/C15H23N3O/c1-3-9-18-10-5-8-15(18)14-7-4-6-13(17-14)11-16-12(2)19/h4,6-7,15H,3,5,8-11H2,1-2H3,(H,16,19). The van der Waals surface area contributed by atoms with Crippen LogP contribution in [0.2, 0.25) is 0 Å². The Hall–Kier alpha value is -1.42. The van der Waals surface area contributed by atoms with Crippen molar-refractivity contribution in [2.75, 3.05) is 13.1 Å². The average Bonchev–Trinajstić information content (AvgIpc) is 2.85. The SMILES string of the molecule is CCCN1CCCC1c1cccc(CNC(C)=O)n1. The number of nitrogens with one attached hydrogen (secondary N) is 1. The fourth-order valence-electron chi connectivity index (χ4n) is 2.71. The van der Waals surface area contributed by atoms with E-state index in [2.05, 4.69) is 23.2 Å². The summed E-state index contributed by atoms with van der Waals surface area (Å²) in [7, 11) is 0. The second kappa shape index (κ2) is 6.66. The summed E-state index contributed by atoms with van der Waals surface area (Å²) in [5.41, 5.74) is 2.09. The van der Waals surface area contributed by atoms with Gasteiger partial charge in [0.15, 0.2) is 0 Å². The van der Waals surface area contributed by atoms with Crippen LogP contribution < -0.4 is 5.32 Å². The summed E-state index contributed by atoms with van der Waals surface area (Å²) in [6, 6.07) is 6.58. The Morgan fingerprint density at radius 3 is 3.11 bits per heavy atom. The molecule has 1 unspecified atom stereocenters. The Morgan fingerprint density at radius 1 is 1.53 bits per heavy atom. The highest BCUT2D eigenvalue weighted by atomic mass is 16.1. The topological polar surface area (TPSA) is 45.2 Å². The highest BCUT2D eigenvalue weighted by Gasteiger charge is 2.26. The Balaban J connectivity index is 2.07. The van der Waals surface area contributed by atoms with E-state index in [0.717, 1.165) is 17.9 Å². The van der Waals surface area contributed by atoms with Gasteiger partial charge in [-0.3, -0.25) is 14.7 Å². The van der Waals surface area contributed by atoms with E-state index in [0.29, 0.717) is 12.6 Å². The summed E-state index contributed by atoms with van der Waals surface area (Å²) in [5, 5.41) is 2.80. The van der Waals surface area contributed by atoms with Crippen molar-refractivity contribution in [3.05, 3.63) is 29.6 Å². The van der Waals surface area contributed by atoms with Crippen LogP contribution in [0.5, 0.6) is 0 Å². The van der Waals surface area contributed by atoms with Crippen LogP contribution in [-0.2, 0) is 11.3 Å². The Morgan fingerprint density at radius 2 is 2.37 bits per heavy atom. The second-order valence-corrected chi connectivity index (χ2v) is 5.16. The van der Waals surface area contributed by atoms with E-state index in [1.165, 1.54) is 32.7 Å². The molecule has 0 saturated carbocycles. The Labute approximate surface area is 115 Å². The molecule has 1 atom stereocenters. The summed E-state index contributed by atoms with van der Waals surface area (Å²) in [6.07, 6.45) is 3.63. The Bertz CT molecular complexity index is 433. The minimum atomic E-state index is -0.0133. The van der Waals surface area contributed by atoms with Crippen LogP contribution in [-0.4, -0.2) is 28.9 Å². The minimum absolute atomic E-state index is 0.0133. The predicted molar refractivity (Wildman–Crippen MR) is 75.6 cm³/mol. The third-order valence-corrected chi connectivity index (χ3v) is 3.56. The maximum atomic E-state index is 10.9. The maximum absolute atomic E-state index is 10.9. The van der Waals surface area contributed by atoms with Crippen molar-refractivity contribution < 1.29 is 4.79 Å². The number of likely N-dealkylation sites (tertiary alicyclic amines) is 1. The molecule has 0 aromatic carbocycles. The first-order chi connectivity index (χ1) is 9.20. The average molecular weight is 261 g/mol. The van der Waals surface area contributed by atoms with Crippen LogP contribution in [0.1, 0.15) is 50.5 Å². The van der Waals surface area contributed by atoms with Crippen molar-refractivity contribution in [1.82, 2.24) is 15.2 Å². The van der Waals surface area contributed by atoms with Gasteiger partial charge in [0, 0.05) is 6.92 Å². The molecule has 1 N–H and O–H groups in total. The third-order valence-electron chi connectivity index (χ3n) is 3.56. The van der Waals surface area contributed by atoms with Gasteiger partial charge in [0.1, 0.15) is 0 Å². The van der Waals surface area contributed by atoms with Gasteiger partial charge < -0.3 is 5.32 Å². The minimum Gasteiger partial charge on any atom is -0.351 e. The molecule has 2 rings (SSSR count). The van der Waals surface area contributed by atoms with Crippen LogP contribution in [0.4, 0.5) is 0 Å². The second-order valence-electron chi connectivity index (χ2n) is 5.16. The van der Waals surface area contributed by atoms with Gasteiger partial charge in [-0.05, 0) is 44.5 Å². The zero-order valence-electron chi connectivity index (χ0n) is 11.9. The molecule has 1 aliphatic heterocycles. The van der Waals surface area contributed by atoms with E-state index < -0.39 is 0 Å². The molecule has 0 spiro atoms. The van der Waals surface area contributed by atoms with Crippen molar-refractivity contribution in [2.45, 2.75) is 45.7 Å². The Kier molecular flexibility index (Phi) is 4.91. The first-order valence-corrected chi connectivity index (χ1v) is 7.15. The van der Waals surface area contributed by atoms with Crippen LogP contribution in [0.25, 0.3) is 0 Å². The van der Waals surface area contributed by atoms with E-state index in [9.17, 15) is 4.79 Å². The number of hydrogen-bond acceptors (Lipinski definition) is 3. The van der Waals surface area contributed by atoms with Gasteiger partial charge in [0.05, 0.1) is 24.0 Å². The van der Waals surface area contributed by atoms with Gasteiger partial charge in [-0.15, -0.1) is 0 Å². The summed E-state index contributed by atoms with van der Waals surface area (Å²) in [6.45, 7) is 6.59. The molecule has 0 bridgehead atoms. The summed E-state index contributed by atoms with van der Waals surface area (Å²) in [5.74, 6) is -0.0133. The highest BCUT2D eigenvalue weighted by molar-refractivity contribution is 5.72. The number of carbonyl (C=O) groups is 1.